The van der Waals surface area contributed by atoms with E-state index in [1.807, 2.05) is 29.2 Å². The van der Waals surface area contributed by atoms with Crippen molar-refractivity contribution in [3.8, 4) is 0 Å². The molecule has 2 aliphatic carbocycles. The summed E-state index contributed by atoms with van der Waals surface area (Å²) in [5, 5.41) is 10.3. The maximum atomic E-state index is 13.0. The average Bonchev–Trinajstić information content (AvgIpc) is 3.25. The first-order valence-electron chi connectivity index (χ1n) is 9.51. The molecule has 140 valence electrons. The lowest BCUT2D eigenvalue weighted by Crippen LogP contribution is -2.52. The quantitative estimate of drug-likeness (QED) is 0.877. The molecule has 0 spiro atoms. The van der Waals surface area contributed by atoms with Gasteiger partial charge in [-0.05, 0) is 48.8 Å². The first-order valence-corrected chi connectivity index (χ1v) is 9.89. The van der Waals surface area contributed by atoms with Crippen LogP contribution < -0.4 is 0 Å². The van der Waals surface area contributed by atoms with Crippen LogP contribution >= 0.6 is 11.6 Å². The normalized spacial score (nSPS) is 31.3. The van der Waals surface area contributed by atoms with Gasteiger partial charge in [0.25, 0.3) is 0 Å². The summed E-state index contributed by atoms with van der Waals surface area (Å²) in [6, 6.07) is 7.87. The molecule has 6 heteroatoms. The Kier molecular flexibility index (Phi) is 4.93. The van der Waals surface area contributed by atoms with E-state index >= 15 is 0 Å². The number of hydrogen-bond acceptors (Lipinski definition) is 3. The second-order valence-corrected chi connectivity index (χ2v) is 8.39. The van der Waals surface area contributed by atoms with E-state index in [4.69, 9.17) is 11.6 Å². The number of aliphatic carboxylic acids is 1. The zero-order chi connectivity index (χ0) is 18.3. The number of carbonyl (C=O) groups is 2. The number of carboxylic acids is 1. The highest BCUT2D eigenvalue weighted by Crippen LogP contribution is 2.53. The number of fused-ring (bicyclic) bond motifs is 2. The molecule has 0 unspecified atom stereocenters. The summed E-state index contributed by atoms with van der Waals surface area (Å²) in [6.45, 7) is 3.88. The number of halogens is 1. The molecule has 1 aliphatic heterocycles. The lowest BCUT2D eigenvalue weighted by atomic mass is 9.78. The minimum atomic E-state index is -0.781. The number of carbonyl (C=O) groups excluding carboxylic acids is 1. The van der Waals surface area contributed by atoms with Gasteiger partial charge in [-0.1, -0.05) is 23.7 Å². The number of piperazine rings is 1. The maximum Gasteiger partial charge on any atom is 0.307 e. The van der Waals surface area contributed by atoms with E-state index < -0.39 is 11.9 Å². The molecule has 1 N–H and O–H groups in total. The molecular weight excluding hydrogens is 352 g/mol. The Labute approximate surface area is 158 Å². The summed E-state index contributed by atoms with van der Waals surface area (Å²) in [6.07, 6.45) is 2.91. The van der Waals surface area contributed by atoms with Crippen molar-refractivity contribution in [3.05, 3.63) is 34.9 Å². The zero-order valence-electron chi connectivity index (χ0n) is 14.8. The Bertz CT molecular complexity index is 685. The van der Waals surface area contributed by atoms with E-state index in [9.17, 15) is 14.7 Å². The smallest absolute Gasteiger partial charge is 0.307 e. The van der Waals surface area contributed by atoms with Crippen LogP contribution in [0.3, 0.4) is 0 Å². The third kappa shape index (κ3) is 3.35. The van der Waals surface area contributed by atoms with Crippen molar-refractivity contribution >= 4 is 23.5 Å². The fraction of sp³-hybridized carbons (Fsp3) is 0.600. The van der Waals surface area contributed by atoms with Crippen molar-refractivity contribution in [1.82, 2.24) is 9.80 Å². The van der Waals surface area contributed by atoms with Gasteiger partial charge >= 0.3 is 5.97 Å². The van der Waals surface area contributed by atoms with Gasteiger partial charge in [0.2, 0.25) is 5.91 Å². The second kappa shape index (κ2) is 7.20. The monoisotopic (exact) mass is 376 g/mol. The lowest BCUT2D eigenvalue weighted by molar-refractivity contribution is -0.153. The van der Waals surface area contributed by atoms with Crippen LogP contribution in [-0.4, -0.2) is 53.0 Å². The van der Waals surface area contributed by atoms with E-state index in [0.717, 1.165) is 43.9 Å². The summed E-state index contributed by atoms with van der Waals surface area (Å²) >= 11 is 5.93. The lowest BCUT2D eigenvalue weighted by Gasteiger charge is -2.38. The van der Waals surface area contributed by atoms with Gasteiger partial charge in [-0.3, -0.25) is 14.5 Å². The van der Waals surface area contributed by atoms with E-state index in [1.165, 1.54) is 5.56 Å². The highest BCUT2D eigenvalue weighted by atomic mass is 35.5. The van der Waals surface area contributed by atoms with Crippen LogP contribution in [0.2, 0.25) is 5.02 Å². The summed E-state index contributed by atoms with van der Waals surface area (Å²) < 4.78 is 0. The van der Waals surface area contributed by atoms with Crippen molar-refractivity contribution in [2.45, 2.75) is 25.8 Å². The van der Waals surface area contributed by atoms with E-state index in [-0.39, 0.29) is 23.7 Å². The Morgan fingerprint density at radius 1 is 1.00 bits per heavy atom. The largest absolute Gasteiger partial charge is 0.481 e. The first kappa shape index (κ1) is 17.8. The summed E-state index contributed by atoms with van der Waals surface area (Å²) in [4.78, 5) is 29.0. The van der Waals surface area contributed by atoms with Gasteiger partial charge in [-0.25, -0.2) is 0 Å². The van der Waals surface area contributed by atoms with Crippen LogP contribution in [0, 0.1) is 23.7 Å². The number of rotatable bonds is 4. The maximum absolute atomic E-state index is 13.0. The number of carboxylic acid groups (broad SMARTS) is 1. The minimum absolute atomic E-state index is 0.0794. The van der Waals surface area contributed by atoms with Crippen LogP contribution in [0.4, 0.5) is 0 Å². The molecule has 1 aromatic rings. The molecule has 2 saturated carbocycles. The molecule has 0 aromatic heterocycles. The predicted molar refractivity (Wildman–Crippen MR) is 98.8 cm³/mol. The Hall–Kier alpha value is -1.59. The first-order chi connectivity index (χ1) is 12.5. The van der Waals surface area contributed by atoms with E-state index in [2.05, 4.69) is 4.90 Å². The van der Waals surface area contributed by atoms with Crippen molar-refractivity contribution < 1.29 is 14.7 Å². The molecule has 3 aliphatic rings. The molecule has 1 aromatic carbocycles. The molecule has 1 saturated heterocycles. The third-order valence-corrected chi connectivity index (χ3v) is 6.74. The Morgan fingerprint density at radius 3 is 2.23 bits per heavy atom. The van der Waals surface area contributed by atoms with Crippen LogP contribution in [0.1, 0.15) is 24.8 Å². The molecule has 4 rings (SSSR count). The van der Waals surface area contributed by atoms with Crippen LogP contribution in [0.5, 0.6) is 0 Å². The van der Waals surface area contributed by atoms with Crippen molar-refractivity contribution in [3.63, 3.8) is 0 Å². The topological polar surface area (TPSA) is 60.9 Å². The minimum Gasteiger partial charge on any atom is -0.481 e. The second-order valence-electron chi connectivity index (χ2n) is 7.95. The molecule has 0 radical (unpaired) electrons. The van der Waals surface area contributed by atoms with Gasteiger partial charge < -0.3 is 10.0 Å². The highest BCUT2D eigenvalue weighted by molar-refractivity contribution is 6.30. The molecule has 2 bridgehead atoms. The summed E-state index contributed by atoms with van der Waals surface area (Å²) in [5.41, 5.74) is 1.22. The zero-order valence-corrected chi connectivity index (χ0v) is 15.6. The van der Waals surface area contributed by atoms with Gasteiger partial charge in [-0.15, -0.1) is 0 Å². The molecule has 1 heterocycles. The number of hydrogen-bond donors (Lipinski definition) is 1. The number of benzene rings is 1. The predicted octanol–water partition coefficient (Wildman–Crippen LogP) is 2.73. The molecule has 3 fully saturated rings. The van der Waals surface area contributed by atoms with Crippen molar-refractivity contribution in [2.24, 2.45) is 23.7 Å². The fourth-order valence-corrected chi connectivity index (χ4v) is 5.31. The van der Waals surface area contributed by atoms with Gasteiger partial charge in [0.15, 0.2) is 0 Å². The SMILES string of the molecule is O=C(O)[C@@H]1[C@H]2CC[C@@H](C2)[C@H]1C(=O)N1CCN(Cc2ccc(Cl)cc2)CC1. The number of nitrogens with zero attached hydrogens (tertiary/aromatic N) is 2. The fourth-order valence-electron chi connectivity index (χ4n) is 5.19. The summed E-state index contributed by atoms with van der Waals surface area (Å²) in [5.74, 6) is -0.978. The van der Waals surface area contributed by atoms with Crippen molar-refractivity contribution in [1.29, 1.82) is 0 Å². The average molecular weight is 377 g/mol. The highest BCUT2D eigenvalue weighted by Gasteiger charge is 2.54. The number of amides is 1. The van der Waals surface area contributed by atoms with E-state index in [1.54, 1.807) is 0 Å². The van der Waals surface area contributed by atoms with Crippen LogP contribution in [0.15, 0.2) is 24.3 Å². The molecule has 4 atom stereocenters. The Morgan fingerprint density at radius 2 is 1.62 bits per heavy atom. The summed E-state index contributed by atoms with van der Waals surface area (Å²) in [7, 11) is 0. The van der Waals surface area contributed by atoms with Gasteiger partial charge in [0, 0.05) is 37.7 Å². The van der Waals surface area contributed by atoms with Gasteiger partial charge in [-0.2, -0.15) is 0 Å². The molecule has 1 amide bonds. The van der Waals surface area contributed by atoms with Gasteiger partial charge in [0.05, 0.1) is 11.8 Å². The van der Waals surface area contributed by atoms with Crippen LogP contribution in [-0.2, 0) is 16.1 Å². The van der Waals surface area contributed by atoms with Crippen LogP contribution in [0.25, 0.3) is 0 Å². The molecular formula is C20H25ClN2O3. The molecule has 26 heavy (non-hydrogen) atoms. The van der Waals surface area contributed by atoms with Crippen molar-refractivity contribution in [2.75, 3.05) is 26.2 Å². The van der Waals surface area contributed by atoms with E-state index in [0.29, 0.717) is 13.1 Å². The third-order valence-electron chi connectivity index (χ3n) is 6.49. The Balaban J connectivity index is 1.35. The van der Waals surface area contributed by atoms with Gasteiger partial charge in [0.1, 0.15) is 0 Å². The molecule has 5 nitrogen and oxygen atoms in total. The standard InChI is InChI=1S/C20H25ClN2O3/c21-16-5-1-13(2-6-16)12-22-7-9-23(10-8-22)19(24)17-14-3-4-15(11-14)18(17)20(25)26/h1-2,5-6,14-15,17-18H,3-4,7-12H2,(H,25,26)/t14-,15-,17+,18+/m0/s1.